The van der Waals surface area contributed by atoms with Gasteiger partial charge >= 0.3 is 0 Å². The van der Waals surface area contributed by atoms with Gasteiger partial charge < -0.3 is 4.90 Å². The van der Waals surface area contributed by atoms with E-state index in [4.69, 9.17) is 39.9 Å². The van der Waals surface area contributed by atoms with Crippen molar-refractivity contribution in [3.63, 3.8) is 0 Å². The lowest BCUT2D eigenvalue weighted by Crippen LogP contribution is -2.40. The van der Waals surface area contributed by atoms with Gasteiger partial charge in [-0.15, -0.1) is 0 Å². The van der Waals surface area contributed by atoms with E-state index in [0.717, 1.165) is 37.2 Å². The van der Waals surface area contributed by atoms with Crippen molar-refractivity contribution in [2.24, 2.45) is 11.0 Å². The van der Waals surface area contributed by atoms with Crippen LogP contribution in [0.1, 0.15) is 50.6 Å². The van der Waals surface area contributed by atoms with E-state index in [0.29, 0.717) is 20.8 Å². The average molecular weight is 479 g/mol. The van der Waals surface area contributed by atoms with Crippen molar-refractivity contribution < 1.29 is 4.79 Å². The summed E-state index contributed by atoms with van der Waals surface area (Å²) in [4.78, 5) is 15.5. The van der Waals surface area contributed by atoms with E-state index in [-0.39, 0.29) is 17.9 Å². The van der Waals surface area contributed by atoms with Crippen LogP contribution in [0, 0.1) is 5.92 Å². The SMILES string of the molecule is C[C@@H]1C(C(=O)N2CCCCCCC2)=NN(c2ccc(Cl)cc2Cl)[C@@H]1c1ccc(Cl)cc1. The lowest BCUT2D eigenvalue weighted by Gasteiger charge is -2.28. The van der Waals surface area contributed by atoms with E-state index in [1.165, 1.54) is 19.3 Å². The molecule has 1 saturated heterocycles. The molecule has 1 fully saturated rings. The monoisotopic (exact) mass is 477 g/mol. The molecule has 2 aliphatic rings. The Balaban J connectivity index is 1.71. The highest BCUT2D eigenvalue weighted by Gasteiger charge is 2.41. The van der Waals surface area contributed by atoms with Gasteiger partial charge in [0.2, 0.25) is 0 Å². The maximum atomic E-state index is 13.5. The largest absolute Gasteiger partial charge is 0.338 e. The second kappa shape index (κ2) is 9.81. The Morgan fingerprint density at radius 3 is 2.16 bits per heavy atom. The van der Waals surface area contributed by atoms with Crippen molar-refractivity contribution in [1.82, 2.24) is 4.90 Å². The molecule has 0 bridgehead atoms. The molecule has 4 rings (SSSR count). The van der Waals surface area contributed by atoms with Crippen LogP contribution >= 0.6 is 34.8 Å². The Kier molecular flexibility index (Phi) is 7.10. The fourth-order valence-electron chi connectivity index (χ4n) is 4.44. The third kappa shape index (κ3) is 4.87. The Bertz CT molecular complexity index is 969. The zero-order chi connectivity index (χ0) is 22.0. The number of amides is 1. The van der Waals surface area contributed by atoms with E-state index >= 15 is 0 Å². The highest BCUT2D eigenvalue weighted by atomic mass is 35.5. The molecule has 7 heteroatoms. The number of likely N-dealkylation sites (tertiary alicyclic amines) is 1. The highest BCUT2D eigenvalue weighted by Crippen LogP contribution is 2.42. The summed E-state index contributed by atoms with van der Waals surface area (Å²) < 4.78 is 0. The fraction of sp³-hybridized carbons (Fsp3) is 0.417. The van der Waals surface area contributed by atoms with Crippen molar-refractivity contribution in [1.29, 1.82) is 0 Å². The van der Waals surface area contributed by atoms with Gasteiger partial charge in [-0.05, 0) is 48.7 Å². The molecule has 2 heterocycles. The van der Waals surface area contributed by atoms with Gasteiger partial charge in [-0.3, -0.25) is 9.80 Å². The number of anilines is 1. The lowest BCUT2D eigenvalue weighted by molar-refractivity contribution is -0.124. The van der Waals surface area contributed by atoms with Crippen LogP contribution < -0.4 is 5.01 Å². The molecule has 2 aliphatic heterocycles. The number of rotatable bonds is 3. The summed E-state index contributed by atoms with van der Waals surface area (Å²) in [5.41, 5.74) is 2.34. The number of hydrogen-bond acceptors (Lipinski definition) is 3. The Morgan fingerprint density at radius 2 is 1.52 bits per heavy atom. The molecule has 31 heavy (non-hydrogen) atoms. The van der Waals surface area contributed by atoms with E-state index in [1.54, 1.807) is 12.1 Å². The highest BCUT2D eigenvalue weighted by molar-refractivity contribution is 6.41. The molecule has 0 saturated carbocycles. The van der Waals surface area contributed by atoms with Crippen molar-refractivity contribution in [2.75, 3.05) is 18.1 Å². The first-order chi connectivity index (χ1) is 15.0. The van der Waals surface area contributed by atoms with Crippen molar-refractivity contribution in [3.8, 4) is 0 Å². The van der Waals surface area contributed by atoms with Crippen LogP contribution in [-0.4, -0.2) is 29.6 Å². The average Bonchev–Trinajstić information content (AvgIpc) is 3.05. The summed E-state index contributed by atoms with van der Waals surface area (Å²) in [6.07, 6.45) is 5.68. The van der Waals surface area contributed by atoms with Crippen molar-refractivity contribution in [3.05, 3.63) is 63.1 Å². The normalized spacial score (nSPS) is 22.1. The van der Waals surface area contributed by atoms with Crippen molar-refractivity contribution >= 4 is 52.1 Å². The number of halogens is 3. The number of hydrogen-bond donors (Lipinski definition) is 0. The Hall–Kier alpha value is -1.75. The first kappa shape index (κ1) is 22.4. The van der Waals surface area contributed by atoms with Gasteiger partial charge in [0.15, 0.2) is 0 Å². The molecule has 0 radical (unpaired) electrons. The van der Waals surface area contributed by atoms with Gasteiger partial charge in [-0.1, -0.05) is 73.1 Å². The van der Waals surface area contributed by atoms with Crippen LogP contribution in [0.3, 0.4) is 0 Å². The lowest BCUT2D eigenvalue weighted by atomic mass is 9.90. The van der Waals surface area contributed by atoms with Crippen LogP contribution in [0.5, 0.6) is 0 Å². The summed E-state index contributed by atoms with van der Waals surface area (Å²) in [6.45, 7) is 3.64. The number of hydrazone groups is 1. The fourth-order valence-corrected chi connectivity index (χ4v) is 5.06. The van der Waals surface area contributed by atoms with E-state index in [1.807, 2.05) is 40.2 Å². The smallest absolute Gasteiger partial charge is 0.270 e. The van der Waals surface area contributed by atoms with Crippen LogP contribution in [0.15, 0.2) is 47.6 Å². The summed E-state index contributed by atoms with van der Waals surface area (Å²) in [7, 11) is 0. The molecule has 0 aliphatic carbocycles. The predicted octanol–water partition coefficient (Wildman–Crippen LogP) is 6.99. The van der Waals surface area contributed by atoms with E-state index in [9.17, 15) is 4.79 Å². The zero-order valence-corrected chi connectivity index (χ0v) is 19.8. The van der Waals surface area contributed by atoms with Gasteiger partial charge in [0.25, 0.3) is 5.91 Å². The van der Waals surface area contributed by atoms with Gasteiger partial charge in [0.05, 0.1) is 16.8 Å². The first-order valence-electron chi connectivity index (χ1n) is 10.8. The first-order valence-corrected chi connectivity index (χ1v) is 12.0. The zero-order valence-electron chi connectivity index (χ0n) is 17.5. The Morgan fingerprint density at radius 1 is 0.903 bits per heavy atom. The molecular formula is C24H26Cl3N3O. The van der Waals surface area contributed by atoms with E-state index in [2.05, 4.69) is 6.92 Å². The summed E-state index contributed by atoms with van der Waals surface area (Å²) >= 11 is 18.8. The third-order valence-electron chi connectivity index (χ3n) is 6.11. The van der Waals surface area contributed by atoms with Gasteiger partial charge in [0.1, 0.15) is 5.71 Å². The quantitative estimate of drug-likeness (QED) is 0.476. The molecule has 2 aromatic carbocycles. The number of benzene rings is 2. The molecule has 4 nitrogen and oxygen atoms in total. The molecule has 0 N–H and O–H groups in total. The Labute approximate surface area is 198 Å². The maximum absolute atomic E-state index is 13.5. The van der Waals surface area contributed by atoms with Gasteiger partial charge in [-0.2, -0.15) is 5.10 Å². The third-order valence-corrected chi connectivity index (χ3v) is 6.90. The van der Waals surface area contributed by atoms with Crippen LogP contribution in [0.25, 0.3) is 0 Å². The number of nitrogens with zero attached hydrogens (tertiary/aromatic N) is 3. The summed E-state index contributed by atoms with van der Waals surface area (Å²) in [5.74, 6) is -0.0770. The minimum Gasteiger partial charge on any atom is -0.338 e. The molecule has 2 atom stereocenters. The van der Waals surface area contributed by atoms with Crippen LogP contribution in [-0.2, 0) is 4.79 Å². The van der Waals surface area contributed by atoms with E-state index < -0.39 is 0 Å². The molecule has 0 spiro atoms. The summed E-state index contributed by atoms with van der Waals surface area (Å²) in [5, 5.41) is 8.43. The molecular weight excluding hydrogens is 453 g/mol. The second-order valence-corrected chi connectivity index (χ2v) is 9.55. The standard InChI is InChI=1S/C24H26Cl3N3O/c1-16-22(24(31)29-13-5-3-2-4-6-14-29)28-30(21-12-11-19(26)15-20(21)27)23(16)17-7-9-18(25)10-8-17/h7-12,15-16,23H,2-6,13-14H2,1H3/t16-,23+/m1/s1. The molecule has 0 aromatic heterocycles. The van der Waals surface area contributed by atoms with Crippen molar-refractivity contribution in [2.45, 2.75) is 45.1 Å². The topological polar surface area (TPSA) is 35.9 Å². The predicted molar refractivity (Wildman–Crippen MR) is 129 cm³/mol. The molecule has 2 aromatic rings. The van der Waals surface area contributed by atoms with Gasteiger partial charge in [-0.25, -0.2) is 0 Å². The molecule has 164 valence electrons. The number of carbonyl (C=O) groups excluding carboxylic acids is 1. The minimum absolute atomic E-state index is 0.0287. The minimum atomic E-state index is -0.162. The van der Waals surface area contributed by atoms with Crippen LogP contribution in [0.2, 0.25) is 15.1 Å². The van der Waals surface area contributed by atoms with Crippen LogP contribution in [0.4, 0.5) is 5.69 Å². The maximum Gasteiger partial charge on any atom is 0.270 e. The molecule has 0 unspecified atom stereocenters. The second-order valence-electron chi connectivity index (χ2n) is 8.27. The molecule has 1 amide bonds. The number of carbonyl (C=O) groups is 1. The van der Waals surface area contributed by atoms with Gasteiger partial charge in [0, 0.05) is 29.1 Å². The summed E-state index contributed by atoms with van der Waals surface area (Å²) in [6, 6.07) is 12.9.